The summed E-state index contributed by atoms with van der Waals surface area (Å²) in [5, 5.41) is 13.9. The summed E-state index contributed by atoms with van der Waals surface area (Å²) in [4.78, 5) is 16.2. The van der Waals surface area contributed by atoms with Crippen molar-refractivity contribution in [2.45, 2.75) is 24.3 Å². The molecule has 1 atom stereocenters. The number of carbonyl (C=O) groups is 1. The molecule has 0 radical (unpaired) electrons. The van der Waals surface area contributed by atoms with Crippen LogP contribution in [0.5, 0.6) is 0 Å². The third-order valence-electron chi connectivity index (χ3n) is 5.52. The lowest BCUT2D eigenvalue weighted by molar-refractivity contribution is -0.115. The molecule has 0 aliphatic rings. The number of nitrogens with one attached hydrogen (secondary N) is 2. The lowest BCUT2D eigenvalue weighted by Crippen LogP contribution is -2.22. The number of benzene rings is 3. The van der Waals surface area contributed by atoms with Crippen molar-refractivity contribution in [2.75, 3.05) is 5.32 Å². The number of carbonyl (C=O) groups excluding carboxylic acids is 1. The number of amides is 1. The van der Waals surface area contributed by atoms with E-state index in [4.69, 9.17) is 11.6 Å². The number of hydrogen-bond donors (Lipinski definition) is 2. The molecule has 6 nitrogen and oxygen atoms in total. The van der Waals surface area contributed by atoms with Crippen LogP contribution >= 0.6 is 23.4 Å². The summed E-state index contributed by atoms with van der Waals surface area (Å²) in [5.74, 6) is 0.585. The van der Waals surface area contributed by atoms with Crippen molar-refractivity contribution in [3.8, 4) is 17.1 Å². The molecule has 0 saturated carbocycles. The van der Waals surface area contributed by atoms with Gasteiger partial charge in [-0.25, -0.2) is 0 Å². The van der Waals surface area contributed by atoms with E-state index in [1.807, 2.05) is 97.4 Å². The Morgan fingerprint density at radius 1 is 1.03 bits per heavy atom. The van der Waals surface area contributed by atoms with Gasteiger partial charge in [0.05, 0.1) is 5.25 Å². The van der Waals surface area contributed by atoms with Crippen LogP contribution in [0.4, 0.5) is 5.69 Å². The molecule has 0 spiro atoms. The van der Waals surface area contributed by atoms with Crippen LogP contribution in [0.25, 0.3) is 28.0 Å². The molecule has 34 heavy (non-hydrogen) atoms. The Balaban J connectivity index is 1.50. The van der Waals surface area contributed by atoms with Gasteiger partial charge in [0.15, 0.2) is 11.0 Å². The maximum absolute atomic E-state index is 12.9. The van der Waals surface area contributed by atoms with Gasteiger partial charge in [-0.15, -0.1) is 10.2 Å². The van der Waals surface area contributed by atoms with Gasteiger partial charge in [-0.2, -0.15) is 0 Å². The minimum Gasteiger partial charge on any atom is -0.360 e. The van der Waals surface area contributed by atoms with Crippen molar-refractivity contribution in [3.05, 3.63) is 89.6 Å². The molecule has 170 valence electrons. The van der Waals surface area contributed by atoms with Crippen molar-refractivity contribution >= 4 is 45.9 Å². The van der Waals surface area contributed by atoms with Crippen LogP contribution in [0.15, 0.2) is 84.1 Å². The van der Waals surface area contributed by atoms with Crippen LogP contribution in [-0.4, -0.2) is 30.9 Å². The lowest BCUT2D eigenvalue weighted by atomic mass is 10.1. The van der Waals surface area contributed by atoms with Gasteiger partial charge in [0, 0.05) is 39.1 Å². The second-order valence-electron chi connectivity index (χ2n) is 7.98. The Kier molecular flexibility index (Phi) is 6.13. The first-order chi connectivity index (χ1) is 16.5. The van der Waals surface area contributed by atoms with Crippen LogP contribution in [0.3, 0.4) is 0 Å². The van der Waals surface area contributed by atoms with E-state index in [1.54, 1.807) is 0 Å². The zero-order valence-electron chi connectivity index (χ0n) is 18.6. The Morgan fingerprint density at radius 2 is 1.76 bits per heavy atom. The molecular weight excluding hydrogens is 466 g/mol. The van der Waals surface area contributed by atoms with Gasteiger partial charge in [0.1, 0.15) is 0 Å². The molecule has 1 unspecified atom stereocenters. The number of anilines is 1. The number of halogens is 1. The molecule has 2 aromatic heterocycles. The predicted octanol–water partition coefficient (Wildman–Crippen LogP) is 6.50. The van der Waals surface area contributed by atoms with Crippen molar-refractivity contribution in [1.82, 2.24) is 19.7 Å². The Labute approximate surface area is 206 Å². The minimum atomic E-state index is -0.396. The highest BCUT2D eigenvalue weighted by molar-refractivity contribution is 8.00. The van der Waals surface area contributed by atoms with E-state index in [9.17, 15) is 4.79 Å². The number of aromatic amines is 1. The fraction of sp³-hybridized carbons (Fsp3) is 0.115. The van der Waals surface area contributed by atoms with Gasteiger partial charge in [0.2, 0.25) is 5.91 Å². The Morgan fingerprint density at radius 3 is 2.53 bits per heavy atom. The Hall–Kier alpha value is -3.55. The molecule has 5 rings (SSSR count). The number of nitrogens with zero attached hydrogens (tertiary/aromatic N) is 3. The van der Waals surface area contributed by atoms with E-state index >= 15 is 0 Å². The molecule has 8 heteroatoms. The fourth-order valence-corrected chi connectivity index (χ4v) is 4.69. The first-order valence-electron chi connectivity index (χ1n) is 10.8. The van der Waals surface area contributed by atoms with E-state index in [2.05, 4.69) is 20.5 Å². The zero-order chi connectivity index (χ0) is 23.7. The van der Waals surface area contributed by atoms with Crippen LogP contribution in [0.2, 0.25) is 5.02 Å². The topological polar surface area (TPSA) is 75.6 Å². The van der Waals surface area contributed by atoms with Gasteiger partial charge >= 0.3 is 0 Å². The average Bonchev–Trinajstić information content (AvgIpc) is 3.45. The molecular formula is C26H22ClN5OS. The van der Waals surface area contributed by atoms with Crippen molar-refractivity contribution in [1.29, 1.82) is 0 Å². The number of aryl methyl sites for hydroxylation is 1. The SMILES string of the molecule is Cc1ccc(NC(=O)C(C)Sc2nnc(-c3c[nH]c4ccccc34)n2-c2ccc(Cl)cc2)cc1. The summed E-state index contributed by atoms with van der Waals surface area (Å²) in [5.41, 5.74) is 4.72. The summed E-state index contributed by atoms with van der Waals surface area (Å²) in [6.07, 6.45) is 1.93. The number of rotatable bonds is 6. The predicted molar refractivity (Wildman–Crippen MR) is 139 cm³/mol. The fourth-order valence-electron chi connectivity index (χ4n) is 3.69. The van der Waals surface area contributed by atoms with Crippen LogP contribution < -0.4 is 5.32 Å². The molecule has 3 aromatic carbocycles. The van der Waals surface area contributed by atoms with Crippen molar-refractivity contribution in [3.63, 3.8) is 0 Å². The maximum Gasteiger partial charge on any atom is 0.237 e. The van der Waals surface area contributed by atoms with E-state index in [0.717, 1.165) is 33.4 Å². The van der Waals surface area contributed by atoms with Gasteiger partial charge in [-0.1, -0.05) is 59.3 Å². The number of hydrogen-bond acceptors (Lipinski definition) is 4. The standard InChI is InChI=1S/C26H22ClN5OS/c1-16-7-11-19(12-8-16)29-25(33)17(2)34-26-31-30-24(32(26)20-13-9-18(27)10-14-20)22-15-28-23-6-4-3-5-21(22)23/h3-15,17,28H,1-2H3,(H,29,33). The van der Waals surface area contributed by atoms with Gasteiger partial charge in [-0.3, -0.25) is 9.36 Å². The zero-order valence-corrected chi connectivity index (χ0v) is 20.2. The summed E-state index contributed by atoms with van der Waals surface area (Å²) in [6.45, 7) is 3.87. The highest BCUT2D eigenvalue weighted by Gasteiger charge is 2.23. The summed E-state index contributed by atoms with van der Waals surface area (Å²) in [6, 6.07) is 23.3. The number of para-hydroxylation sites is 1. The smallest absolute Gasteiger partial charge is 0.237 e. The molecule has 0 fully saturated rings. The van der Waals surface area contributed by atoms with Gasteiger partial charge in [0.25, 0.3) is 0 Å². The van der Waals surface area contributed by atoms with Crippen LogP contribution in [0, 0.1) is 6.92 Å². The average molecular weight is 488 g/mol. The van der Waals surface area contributed by atoms with E-state index < -0.39 is 5.25 Å². The largest absolute Gasteiger partial charge is 0.360 e. The van der Waals surface area contributed by atoms with E-state index in [1.165, 1.54) is 11.8 Å². The summed E-state index contributed by atoms with van der Waals surface area (Å²) >= 11 is 7.50. The lowest BCUT2D eigenvalue weighted by Gasteiger charge is -2.14. The van der Waals surface area contributed by atoms with Crippen LogP contribution in [-0.2, 0) is 4.79 Å². The van der Waals surface area contributed by atoms with Gasteiger partial charge < -0.3 is 10.3 Å². The molecule has 2 N–H and O–H groups in total. The summed E-state index contributed by atoms with van der Waals surface area (Å²) < 4.78 is 1.96. The third-order valence-corrected chi connectivity index (χ3v) is 6.81. The highest BCUT2D eigenvalue weighted by atomic mass is 35.5. The second-order valence-corrected chi connectivity index (χ2v) is 9.73. The molecule has 0 aliphatic heterocycles. The number of H-pyrrole nitrogens is 1. The molecule has 2 heterocycles. The molecule has 5 aromatic rings. The minimum absolute atomic E-state index is 0.104. The molecule has 0 saturated heterocycles. The van der Waals surface area contributed by atoms with Crippen molar-refractivity contribution in [2.24, 2.45) is 0 Å². The third kappa shape index (κ3) is 4.44. The summed E-state index contributed by atoms with van der Waals surface area (Å²) in [7, 11) is 0. The number of thioether (sulfide) groups is 1. The number of fused-ring (bicyclic) bond motifs is 1. The normalized spacial score (nSPS) is 12.1. The van der Waals surface area contributed by atoms with Crippen molar-refractivity contribution < 1.29 is 4.79 Å². The quantitative estimate of drug-likeness (QED) is 0.268. The monoisotopic (exact) mass is 487 g/mol. The van der Waals surface area contributed by atoms with Crippen LogP contribution in [0.1, 0.15) is 12.5 Å². The number of aromatic nitrogens is 4. The highest BCUT2D eigenvalue weighted by Crippen LogP contribution is 2.34. The van der Waals surface area contributed by atoms with Gasteiger partial charge in [-0.05, 0) is 56.3 Å². The van der Waals surface area contributed by atoms with E-state index in [0.29, 0.717) is 16.0 Å². The van der Waals surface area contributed by atoms with E-state index in [-0.39, 0.29) is 5.91 Å². The molecule has 0 bridgehead atoms. The Bertz CT molecular complexity index is 1460. The second kappa shape index (κ2) is 9.37. The molecule has 1 amide bonds. The molecule has 0 aliphatic carbocycles. The first-order valence-corrected chi connectivity index (χ1v) is 12.1. The maximum atomic E-state index is 12.9. The first kappa shape index (κ1) is 22.3.